The molecule has 3 rings (SSSR count). The summed E-state index contributed by atoms with van der Waals surface area (Å²) in [5.74, 6) is -0.544. The number of carbonyl (C=O) groups is 1. The van der Waals surface area contributed by atoms with Gasteiger partial charge in [-0.1, -0.05) is 29.8 Å². The van der Waals surface area contributed by atoms with Crippen molar-refractivity contribution < 1.29 is 22.7 Å². The van der Waals surface area contributed by atoms with Crippen molar-refractivity contribution in [1.29, 1.82) is 0 Å². The summed E-state index contributed by atoms with van der Waals surface area (Å²) in [6.45, 7) is 3.13. The Labute approximate surface area is 163 Å². The largest absolute Gasteiger partial charge is 0.454 e. The number of esters is 1. The number of carbonyl (C=O) groups excluding carboxylic acids is 1. The van der Waals surface area contributed by atoms with Crippen molar-refractivity contribution in [2.75, 3.05) is 26.3 Å². The summed E-state index contributed by atoms with van der Waals surface area (Å²) in [5.41, 5.74) is 0.980. The molecule has 1 unspecified atom stereocenters. The average molecular weight is 410 g/mol. The first-order valence-corrected chi connectivity index (χ1v) is 10.3. The summed E-state index contributed by atoms with van der Waals surface area (Å²) in [6.07, 6.45) is -0.525. The van der Waals surface area contributed by atoms with Crippen LogP contribution in [0.15, 0.2) is 53.4 Å². The zero-order valence-corrected chi connectivity index (χ0v) is 16.4. The molecule has 0 N–H and O–H groups in total. The molecule has 1 heterocycles. The molecule has 1 atom stereocenters. The summed E-state index contributed by atoms with van der Waals surface area (Å²) in [7, 11) is -3.59. The fraction of sp³-hybridized carbons (Fsp3) is 0.316. The van der Waals surface area contributed by atoms with E-state index in [0.29, 0.717) is 36.9 Å². The van der Waals surface area contributed by atoms with Gasteiger partial charge in [0.1, 0.15) is 6.10 Å². The lowest BCUT2D eigenvalue weighted by atomic mass is 10.1. The molecule has 0 aliphatic carbocycles. The number of benzene rings is 2. The topological polar surface area (TPSA) is 72.9 Å². The molecular weight excluding hydrogens is 390 g/mol. The Bertz CT molecular complexity index is 908. The highest BCUT2D eigenvalue weighted by Crippen LogP contribution is 2.26. The third-order valence-corrected chi connectivity index (χ3v) is 6.58. The molecule has 1 fully saturated rings. The molecule has 8 heteroatoms. The van der Waals surface area contributed by atoms with Crippen LogP contribution in [0.25, 0.3) is 0 Å². The van der Waals surface area contributed by atoms with Gasteiger partial charge in [-0.3, -0.25) is 0 Å². The SMILES string of the molecule is CC(OC(=O)c1ccc(S(=O)(=O)N2CCOCC2)cc1)c1ccccc1Cl. The summed E-state index contributed by atoms with van der Waals surface area (Å²) in [4.78, 5) is 12.5. The van der Waals surface area contributed by atoms with Gasteiger partial charge >= 0.3 is 5.97 Å². The Morgan fingerprint density at radius 3 is 2.37 bits per heavy atom. The van der Waals surface area contributed by atoms with E-state index in [9.17, 15) is 13.2 Å². The van der Waals surface area contributed by atoms with E-state index in [1.165, 1.54) is 28.6 Å². The van der Waals surface area contributed by atoms with E-state index in [4.69, 9.17) is 21.1 Å². The number of morpholine rings is 1. The van der Waals surface area contributed by atoms with Crippen LogP contribution in [0.1, 0.15) is 28.9 Å². The predicted molar refractivity (Wildman–Crippen MR) is 101 cm³/mol. The maximum absolute atomic E-state index is 12.6. The minimum absolute atomic E-state index is 0.139. The summed E-state index contributed by atoms with van der Waals surface area (Å²) in [6, 6.07) is 12.9. The second kappa shape index (κ2) is 8.39. The molecule has 0 saturated carbocycles. The van der Waals surface area contributed by atoms with E-state index in [-0.39, 0.29) is 10.5 Å². The molecule has 2 aromatic rings. The molecule has 0 bridgehead atoms. The van der Waals surface area contributed by atoms with Crippen molar-refractivity contribution in [3.8, 4) is 0 Å². The maximum Gasteiger partial charge on any atom is 0.338 e. The first-order chi connectivity index (χ1) is 12.9. The molecule has 1 aliphatic rings. The van der Waals surface area contributed by atoms with Crippen molar-refractivity contribution in [3.05, 3.63) is 64.7 Å². The Morgan fingerprint density at radius 2 is 1.74 bits per heavy atom. The lowest BCUT2D eigenvalue weighted by molar-refractivity contribution is 0.0338. The summed E-state index contributed by atoms with van der Waals surface area (Å²) >= 11 is 6.12. The van der Waals surface area contributed by atoms with Gasteiger partial charge in [0.15, 0.2) is 0 Å². The van der Waals surface area contributed by atoms with Crippen LogP contribution in [-0.2, 0) is 19.5 Å². The van der Waals surface area contributed by atoms with Crippen LogP contribution in [0.4, 0.5) is 0 Å². The molecule has 2 aromatic carbocycles. The van der Waals surface area contributed by atoms with E-state index >= 15 is 0 Å². The van der Waals surface area contributed by atoms with Gasteiger partial charge in [0, 0.05) is 23.7 Å². The van der Waals surface area contributed by atoms with Crippen molar-refractivity contribution in [2.24, 2.45) is 0 Å². The van der Waals surface area contributed by atoms with Crippen LogP contribution in [0.3, 0.4) is 0 Å². The van der Waals surface area contributed by atoms with Gasteiger partial charge in [-0.2, -0.15) is 4.31 Å². The minimum Gasteiger partial charge on any atom is -0.454 e. The van der Waals surface area contributed by atoms with Crippen LogP contribution in [-0.4, -0.2) is 45.0 Å². The Morgan fingerprint density at radius 1 is 1.11 bits per heavy atom. The van der Waals surface area contributed by atoms with Crippen LogP contribution in [0.5, 0.6) is 0 Å². The molecule has 0 amide bonds. The molecule has 27 heavy (non-hydrogen) atoms. The highest BCUT2D eigenvalue weighted by Gasteiger charge is 2.26. The maximum atomic E-state index is 12.6. The highest BCUT2D eigenvalue weighted by atomic mass is 35.5. The first-order valence-electron chi connectivity index (χ1n) is 8.53. The average Bonchev–Trinajstić information content (AvgIpc) is 2.69. The lowest BCUT2D eigenvalue weighted by Crippen LogP contribution is -2.40. The number of halogens is 1. The number of hydrogen-bond donors (Lipinski definition) is 0. The van der Waals surface area contributed by atoms with E-state index in [1.807, 2.05) is 6.07 Å². The van der Waals surface area contributed by atoms with Gasteiger partial charge in [-0.15, -0.1) is 0 Å². The molecule has 1 aliphatic heterocycles. The van der Waals surface area contributed by atoms with Crippen LogP contribution < -0.4 is 0 Å². The zero-order chi connectivity index (χ0) is 19.4. The van der Waals surface area contributed by atoms with Crippen LogP contribution in [0.2, 0.25) is 5.02 Å². The molecule has 144 valence electrons. The van der Waals surface area contributed by atoms with E-state index in [0.717, 1.165) is 0 Å². The third-order valence-electron chi connectivity index (χ3n) is 4.32. The fourth-order valence-electron chi connectivity index (χ4n) is 2.80. The predicted octanol–water partition coefficient (Wildman–Crippen LogP) is 3.28. The number of ether oxygens (including phenoxy) is 2. The number of nitrogens with zero attached hydrogens (tertiary/aromatic N) is 1. The van der Waals surface area contributed by atoms with E-state index in [2.05, 4.69) is 0 Å². The fourth-order valence-corrected chi connectivity index (χ4v) is 4.49. The minimum atomic E-state index is -3.59. The third kappa shape index (κ3) is 4.50. The second-order valence-electron chi connectivity index (χ2n) is 6.11. The highest BCUT2D eigenvalue weighted by molar-refractivity contribution is 7.89. The van der Waals surface area contributed by atoms with Gasteiger partial charge in [0.05, 0.1) is 23.7 Å². The van der Waals surface area contributed by atoms with Gasteiger partial charge in [-0.25, -0.2) is 13.2 Å². The Balaban J connectivity index is 1.71. The number of sulfonamides is 1. The number of rotatable bonds is 5. The Hall–Kier alpha value is -1.93. The van der Waals surface area contributed by atoms with E-state index in [1.54, 1.807) is 25.1 Å². The molecule has 1 saturated heterocycles. The van der Waals surface area contributed by atoms with Crippen LogP contribution >= 0.6 is 11.6 Å². The van der Waals surface area contributed by atoms with Gasteiger partial charge in [-0.05, 0) is 37.3 Å². The smallest absolute Gasteiger partial charge is 0.338 e. The number of hydrogen-bond acceptors (Lipinski definition) is 5. The van der Waals surface area contributed by atoms with Gasteiger partial charge < -0.3 is 9.47 Å². The van der Waals surface area contributed by atoms with Gasteiger partial charge in [0.2, 0.25) is 10.0 Å². The van der Waals surface area contributed by atoms with Crippen molar-refractivity contribution in [1.82, 2.24) is 4.31 Å². The lowest BCUT2D eigenvalue weighted by Gasteiger charge is -2.26. The summed E-state index contributed by atoms with van der Waals surface area (Å²) < 4.78 is 37.2. The molecule has 0 spiro atoms. The second-order valence-corrected chi connectivity index (χ2v) is 8.46. The van der Waals surface area contributed by atoms with E-state index < -0.39 is 22.1 Å². The quantitative estimate of drug-likeness (QED) is 0.708. The first kappa shape index (κ1) is 19.8. The normalized spacial score (nSPS) is 16.7. The van der Waals surface area contributed by atoms with Crippen molar-refractivity contribution in [2.45, 2.75) is 17.9 Å². The summed E-state index contributed by atoms with van der Waals surface area (Å²) in [5, 5.41) is 0.518. The molecule has 6 nitrogen and oxygen atoms in total. The van der Waals surface area contributed by atoms with Crippen molar-refractivity contribution >= 4 is 27.6 Å². The van der Waals surface area contributed by atoms with Crippen molar-refractivity contribution in [3.63, 3.8) is 0 Å². The van der Waals surface area contributed by atoms with Gasteiger partial charge in [0.25, 0.3) is 0 Å². The zero-order valence-electron chi connectivity index (χ0n) is 14.8. The molecular formula is C19H20ClNO5S. The molecule has 0 radical (unpaired) electrons. The Kier molecular flexibility index (Phi) is 6.16. The standard InChI is InChI=1S/C19H20ClNO5S/c1-14(17-4-2-3-5-18(17)20)26-19(22)15-6-8-16(9-7-15)27(23,24)21-10-12-25-13-11-21/h2-9,14H,10-13H2,1H3. The monoisotopic (exact) mass is 409 g/mol. The molecule has 0 aromatic heterocycles. The van der Waals surface area contributed by atoms with Crippen LogP contribution in [0, 0.1) is 0 Å².